The third kappa shape index (κ3) is 6.44. The van der Waals surface area contributed by atoms with Gasteiger partial charge < -0.3 is 9.47 Å². The number of ether oxygens (including phenoxy) is 2. The fraction of sp³-hybridized carbons (Fsp3) is 0.625. The molecule has 0 radical (unpaired) electrons. The van der Waals surface area contributed by atoms with Gasteiger partial charge in [-0.1, -0.05) is 12.1 Å². The van der Waals surface area contributed by atoms with Gasteiger partial charge in [0.25, 0.3) is 0 Å². The van der Waals surface area contributed by atoms with E-state index in [1.54, 1.807) is 0 Å². The lowest BCUT2D eigenvalue weighted by atomic mass is 10.2. The first-order valence-electron chi connectivity index (χ1n) is 7.67. The second-order valence-corrected chi connectivity index (χ2v) is 5.53. The predicted molar refractivity (Wildman–Crippen MR) is 84.3 cm³/mol. The van der Waals surface area contributed by atoms with Crippen LogP contribution in [0.15, 0.2) is 24.3 Å². The maximum absolute atomic E-state index is 5.85. The normalized spacial score (nSPS) is 16.3. The molecule has 5 nitrogen and oxygen atoms in total. The van der Waals surface area contributed by atoms with Crippen LogP contribution in [0.4, 0.5) is 0 Å². The first-order valence-corrected chi connectivity index (χ1v) is 7.67. The van der Waals surface area contributed by atoms with Gasteiger partial charge in [0.2, 0.25) is 0 Å². The molecule has 0 saturated carbocycles. The second kappa shape index (κ2) is 9.00. The van der Waals surface area contributed by atoms with Gasteiger partial charge >= 0.3 is 0 Å². The third-order valence-corrected chi connectivity index (χ3v) is 3.49. The van der Waals surface area contributed by atoms with Gasteiger partial charge in [0.15, 0.2) is 0 Å². The minimum atomic E-state index is 0.766. The maximum atomic E-state index is 5.85. The predicted octanol–water partition coefficient (Wildman–Crippen LogP) is 1.35. The Morgan fingerprint density at radius 3 is 2.86 bits per heavy atom. The van der Waals surface area contributed by atoms with Crippen LogP contribution in [-0.4, -0.2) is 63.5 Å². The number of rotatable bonds is 8. The van der Waals surface area contributed by atoms with Crippen molar-refractivity contribution in [2.75, 3.05) is 53.6 Å². The van der Waals surface area contributed by atoms with Gasteiger partial charge in [-0.05, 0) is 24.1 Å². The summed E-state index contributed by atoms with van der Waals surface area (Å²) in [7, 11) is 3.98. The molecule has 0 atom stereocenters. The van der Waals surface area contributed by atoms with E-state index in [1.807, 2.05) is 31.2 Å². The molecule has 0 bridgehead atoms. The van der Waals surface area contributed by atoms with E-state index in [0.717, 1.165) is 58.2 Å². The Bertz CT molecular complexity index is 406. The van der Waals surface area contributed by atoms with Crippen molar-refractivity contribution >= 4 is 0 Å². The first-order chi connectivity index (χ1) is 10.2. The van der Waals surface area contributed by atoms with Gasteiger partial charge in [-0.15, -0.1) is 0 Å². The van der Waals surface area contributed by atoms with Crippen LogP contribution in [0.5, 0.6) is 5.75 Å². The number of hydrogen-bond donors (Lipinski definition) is 1. The summed E-state index contributed by atoms with van der Waals surface area (Å²) in [6.07, 6.45) is 1.06. The SMILES string of the molecule is CN(C)NCc1cccc(OCCCN2CCOCC2)c1. The molecule has 1 saturated heterocycles. The molecule has 1 fully saturated rings. The van der Waals surface area contributed by atoms with Crippen molar-refractivity contribution in [3.8, 4) is 5.75 Å². The molecule has 0 aliphatic carbocycles. The number of nitrogens with zero attached hydrogens (tertiary/aromatic N) is 2. The van der Waals surface area contributed by atoms with Crippen molar-refractivity contribution in [1.29, 1.82) is 0 Å². The van der Waals surface area contributed by atoms with Gasteiger partial charge in [0.05, 0.1) is 19.8 Å². The van der Waals surface area contributed by atoms with Crippen LogP contribution in [0.1, 0.15) is 12.0 Å². The molecule has 1 N–H and O–H groups in total. The minimum absolute atomic E-state index is 0.766. The summed E-state index contributed by atoms with van der Waals surface area (Å²) < 4.78 is 11.2. The number of hydrogen-bond acceptors (Lipinski definition) is 5. The Kier molecular flexibility index (Phi) is 6.95. The van der Waals surface area contributed by atoms with Gasteiger partial charge in [-0.25, -0.2) is 0 Å². The zero-order valence-electron chi connectivity index (χ0n) is 13.2. The Morgan fingerprint density at radius 1 is 1.29 bits per heavy atom. The molecule has 1 aliphatic heterocycles. The fourth-order valence-corrected chi connectivity index (χ4v) is 2.30. The largest absolute Gasteiger partial charge is 0.494 e. The van der Waals surface area contributed by atoms with Crippen LogP contribution in [0.3, 0.4) is 0 Å². The molecule has 0 aromatic heterocycles. The lowest BCUT2D eigenvalue weighted by Gasteiger charge is -2.26. The van der Waals surface area contributed by atoms with Crippen molar-refractivity contribution < 1.29 is 9.47 Å². The van der Waals surface area contributed by atoms with Crippen LogP contribution in [0, 0.1) is 0 Å². The van der Waals surface area contributed by atoms with E-state index in [9.17, 15) is 0 Å². The molecule has 0 amide bonds. The summed E-state index contributed by atoms with van der Waals surface area (Å²) in [5.74, 6) is 0.954. The van der Waals surface area contributed by atoms with Crippen molar-refractivity contribution in [2.24, 2.45) is 0 Å². The summed E-state index contributed by atoms with van der Waals surface area (Å²) in [6, 6.07) is 8.28. The van der Waals surface area contributed by atoms with E-state index in [4.69, 9.17) is 9.47 Å². The lowest BCUT2D eigenvalue weighted by molar-refractivity contribution is 0.0358. The van der Waals surface area contributed by atoms with E-state index in [1.165, 1.54) is 5.56 Å². The van der Waals surface area contributed by atoms with Crippen LogP contribution >= 0.6 is 0 Å². The molecule has 0 unspecified atom stereocenters. The molecule has 0 spiro atoms. The number of benzene rings is 1. The van der Waals surface area contributed by atoms with E-state index in [0.29, 0.717) is 0 Å². The van der Waals surface area contributed by atoms with Crippen molar-refractivity contribution in [2.45, 2.75) is 13.0 Å². The molecule has 1 aromatic carbocycles. The Morgan fingerprint density at radius 2 is 2.10 bits per heavy atom. The highest BCUT2D eigenvalue weighted by atomic mass is 16.5. The fourth-order valence-electron chi connectivity index (χ4n) is 2.30. The molecule has 118 valence electrons. The Balaban J connectivity index is 1.66. The Hall–Kier alpha value is -1.14. The van der Waals surface area contributed by atoms with Gasteiger partial charge in [-0.3, -0.25) is 15.3 Å². The zero-order valence-corrected chi connectivity index (χ0v) is 13.2. The van der Waals surface area contributed by atoms with Gasteiger partial charge in [0.1, 0.15) is 5.75 Å². The van der Waals surface area contributed by atoms with E-state index in [2.05, 4.69) is 22.5 Å². The summed E-state index contributed by atoms with van der Waals surface area (Å²) in [5.41, 5.74) is 4.49. The third-order valence-electron chi connectivity index (χ3n) is 3.49. The molecule has 1 aromatic rings. The number of morpholine rings is 1. The van der Waals surface area contributed by atoms with Crippen molar-refractivity contribution in [3.05, 3.63) is 29.8 Å². The van der Waals surface area contributed by atoms with Crippen LogP contribution in [0.2, 0.25) is 0 Å². The van der Waals surface area contributed by atoms with Gasteiger partial charge in [-0.2, -0.15) is 0 Å². The second-order valence-electron chi connectivity index (χ2n) is 5.53. The van der Waals surface area contributed by atoms with E-state index >= 15 is 0 Å². The quantitative estimate of drug-likeness (QED) is 0.578. The highest BCUT2D eigenvalue weighted by Crippen LogP contribution is 2.13. The summed E-state index contributed by atoms with van der Waals surface area (Å²) >= 11 is 0. The van der Waals surface area contributed by atoms with Crippen molar-refractivity contribution in [1.82, 2.24) is 15.3 Å². The topological polar surface area (TPSA) is 37.0 Å². The zero-order chi connectivity index (χ0) is 14.9. The Labute approximate surface area is 127 Å². The molecule has 1 aliphatic rings. The van der Waals surface area contributed by atoms with Crippen molar-refractivity contribution in [3.63, 3.8) is 0 Å². The molecular weight excluding hydrogens is 266 g/mol. The average Bonchev–Trinajstić information content (AvgIpc) is 2.51. The maximum Gasteiger partial charge on any atom is 0.119 e. The van der Waals surface area contributed by atoms with E-state index in [-0.39, 0.29) is 0 Å². The first kappa shape index (κ1) is 16.2. The standard InChI is InChI=1S/C16H27N3O2/c1-18(2)17-14-15-5-3-6-16(13-15)21-10-4-7-19-8-11-20-12-9-19/h3,5-6,13,17H,4,7-12,14H2,1-2H3. The van der Waals surface area contributed by atoms with E-state index < -0.39 is 0 Å². The van der Waals surface area contributed by atoms with Gasteiger partial charge in [0, 0.05) is 40.3 Å². The van der Waals surface area contributed by atoms with Crippen LogP contribution < -0.4 is 10.2 Å². The number of hydrazine groups is 1. The monoisotopic (exact) mass is 293 g/mol. The molecular formula is C16H27N3O2. The summed E-state index contributed by atoms with van der Waals surface area (Å²) in [6.45, 7) is 6.49. The summed E-state index contributed by atoms with van der Waals surface area (Å²) in [5, 5.41) is 1.95. The highest BCUT2D eigenvalue weighted by Gasteiger charge is 2.09. The average molecular weight is 293 g/mol. The summed E-state index contributed by atoms with van der Waals surface area (Å²) in [4.78, 5) is 2.43. The minimum Gasteiger partial charge on any atom is -0.494 e. The van der Waals surface area contributed by atoms with Crippen LogP contribution in [-0.2, 0) is 11.3 Å². The van der Waals surface area contributed by atoms with Crippen LogP contribution in [0.25, 0.3) is 0 Å². The molecule has 1 heterocycles. The lowest BCUT2D eigenvalue weighted by Crippen LogP contribution is -2.37. The highest BCUT2D eigenvalue weighted by molar-refractivity contribution is 5.28. The smallest absolute Gasteiger partial charge is 0.119 e. The molecule has 21 heavy (non-hydrogen) atoms. The number of nitrogens with one attached hydrogen (secondary N) is 1. The molecule has 5 heteroatoms. The molecule has 2 rings (SSSR count).